The maximum atomic E-state index is 13.2. The van der Waals surface area contributed by atoms with Crippen molar-refractivity contribution in [2.24, 2.45) is 0 Å². The first-order valence-corrected chi connectivity index (χ1v) is 6.92. The molecule has 0 aliphatic rings. The monoisotopic (exact) mass is 315 g/mol. The van der Waals surface area contributed by atoms with Crippen molar-refractivity contribution in [2.45, 2.75) is 12.5 Å². The van der Waals surface area contributed by atoms with E-state index in [1.54, 1.807) is 24.4 Å². The predicted molar refractivity (Wildman–Crippen MR) is 79.1 cm³/mol. The summed E-state index contributed by atoms with van der Waals surface area (Å²) in [5.74, 6) is 0.699. The molecular formula is C16H14FN3O3. The Hall–Kier alpha value is -2.80. The normalized spacial score (nSPS) is 12.1. The van der Waals surface area contributed by atoms with Crippen LogP contribution in [0.15, 0.2) is 47.1 Å². The zero-order valence-electron chi connectivity index (χ0n) is 12.3. The van der Waals surface area contributed by atoms with Gasteiger partial charge in [0.15, 0.2) is 0 Å². The third-order valence-electron chi connectivity index (χ3n) is 3.27. The van der Waals surface area contributed by atoms with E-state index in [0.29, 0.717) is 22.8 Å². The van der Waals surface area contributed by atoms with Crippen LogP contribution < -0.4 is 4.74 Å². The smallest absolute Gasteiger partial charge is 0.229 e. The summed E-state index contributed by atoms with van der Waals surface area (Å²) in [6.07, 6.45) is 0.740. The van der Waals surface area contributed by atoms with E-state index in [1.165, 1.54) is 25.3 Å². The molecule has 2 aromatic heterocycles. The lowest BCUT2D eigenvalue weighted by molar-refractivity contribution is 0.164. The average molecular weight is 315 g/mol. The van der Waals surface area contributed by atoms with Crippen molar-refractivity contribution in [2.75, 3.05) is 7.11 Å². The molecule has 0 aliphatic carbocycles. The average Bonchev–Trinajstić information content (AvgIpc) is 3.03. The zero-order chi connectivity index (χ0) is 16.2. The summed E-state index contributed by atoms with van der Waals surface area (Å²) in [4.78, 5) is 8.28. The number of rotatable bonds is 5. The van der Waals surface area contributed by atoms with E-state index < -0.39 is 11.9 Å². The summed E-state index contributed by atoms with van der Waals surface area (Å²) in [7, 11) is 1.53. The Bertz CT molecular complexity index is 789. The van der Waals surface area contributed by atoms with Crippen molar-refractivity contribution in [1.29, 1.82) is 0 Å². The van der Waals surface area contributed by atoms with Crippen LogP contribution in [0.1, 0.15) is 17.6 Å². The minimum Gasteiger partial charge on any atom is -0.481 e. The van der Waals surface area contributed by atoms with Crippen LogP contribution in [-0.4, -0.2) is 27.3 Å². The number of aliphatic hydroxyl groups excluding tert-OH is 1. The Labute approximate surface area is 131 Å². The lowest BCUT2D eigenvalue weighted by Crippen LogP contribution is -2.02. The van der Waals surface area contributed by atoms with Gasteiger partial charge in [0.25, 0.3) is 0 Å². The molecule has 0 amide bonds. The van der Waals surface area contributed by atoms with Crippen LogP contribution in [0.4, 0.5) is 4.39 Å². The molecule has 0 aliphatic heterocycles. The van der Waals surface area contributed by atoms with Gasteiger partial charge in [-0.2, -0.15) is 4.98 Å². The number of hydrogen-bond donors (Lipinski definition) is 1. The van der Waals surface area contributed by atoms with Crippen molar-refractivity contribution in [3.8, 4) is 17.3 Å². The van der Waals surface area contributed by atoms with Crippen molar-refractivity contribution < 1.29 is 18.8 Å². The fraction of sp³-hybridized carbons (Fsp3) is 0.188. The molecule has 1 unspecified atom stereocenters. The van der Waals surface area contributed by atoms with E-state index in [0.717, 1.165) is 0 Å². The minimum absolute atomic E-state index is 0.0973. The van der Waals surface area contributed by atoms with Gasteiger partial charge in [0.1, 0.15) is 5.82 Å². The molecule has 23 heavy (non-hydrogen) atoms. The fourth-order valence-corrected chi connectivity index (χ4v) is 2.09. The van der Waals surface area contributed by atoms with Crippen LogP contribution in [0.2, 0.25) is 0 Å². The standard InChI is InChI=1S/C16H14FN3O3/c1-22-14-6-5-11(9-18-14)16-19-15(23-20-16)8-13(21)10-3-2-4-12(17)7-10/h2-7,9,13,21H,8H2,1H3. The van der Waals surface area contributed by atoms with Crippen LogP contribution in [0.5, 0.6) is 5.88 Å². The topological polar surface area (TPSA) is 81.3 Å². The number of aliphatic hydroxyl groups is 1. The third-order valence-corrected chi connectivity index (χ3v) is 3.27. The first-order chi connectivity index (χ1) is 11.2. The van der Waals surface area contributed by atoms with Crippen LogP contribution in [0, 0.1) is 5.82 Å². The second-order valence-corrected chi connectivity index (χ2v) is 4.88. The van der Waals surface area contributed by atoms with Crippen LogP contribution >= 0.6 is 0 Å². The van der Waals surface area contributed by atoms with Crippen LogP contribution in [0.25, 0.3) is 11.4 Å². The molecule has 3 rings (SSSR count). The molecule has 1 atom stereocenters. The second kappa shape index (κ2) is 6.53. The van der Waals surface area contributed by atoms with Gasteiger partial charge in [0.05, 0.1) is 19.6 Å². The molecule has 118 valence electrons. The maximum absolute atomic E-state index is 13.2. The Morgan fingerprint density at radius 3 is 2.87 bits per heavy atom. The van der Waals surface area contributed by atoms with Gasteiger partial charge >= 0.3 is 0 Å². The highest BCUT2D eigenvalue weighted by Crippen LogP contribution is 2.21. The van der Waals surface area contributed by atoms with Crippen LogP contribution in [-0.2, 0) is 6.42 Å². The lowest BCUT2D eigenvalue weighted by Gasteiger charge is -2.07. The van der Waals surface area contributed by atoms with Gasteiger partial charge in [0.2, 0.25) is 17.6 Å². The number of benzene rings is 1. The summed E-state index contributed by atoms with van der Waals surface area (Å²) >= 11 is 0. The Morgan fingerprint density at radius 1 is 1.30 bits per heavy atom. The van der Waals surface area contributed by atoms with Crippen molar-refractivity contribution >= 4 is 0 Å². The molecule has 0 saturated heterocycles. The summed E-state index contributed by atoms with van der Waals surface area (Å²) in [6.45, 7) is 0. The summed E-state index contributed by atoms with van der Waals surface area (Å²) in [5.41, 5.74) is 1.12. The molecule has 1 aromatic carbocycles. The van der Waals surface area contributed by atoms with Gasteiger partial charge in [0, 0.05) is 17.8 Å². The van der Waals surface area contributed by atoms with Gasteiger partial charge in [-0.1, -0.05) is 17.3 Å². The van der Waals surface area contributed by atoms with Crippen molar-refractivity contribution in [1.82, 2.24) is 15.1 Å². The van der Waals surface area contributed by atoms with Gasteiger partial charge in [-0.3, -0.25) is 0 Å². The molecule has 0 fully saturated rings. The molecule has 1 N–H and O–H groups in total. The summed E-state index contributed by atoms with van der Waals surface area (Å²) < 4.78 is 23.3. The molecule has 6 nitrogen and oxygen atoms in total. The number of methoxy groups -OCH3 is 1. The Morgan fingerprint density at radius 2 is 2.17 bits per heavy atom. The second-order valence-electron chi connectivity index (χ2n) is 4.88. The van der Waals surface area contributed by atoms with E-state index in [2.05, 4.69) is 15.1 Å². The number of nitrogens with zero attached hydrogens (tertiary/aromatic N) is 3. The van der Waals surface area contributed by atoms with Gasteiger partial charge < -0.3 is 14.4 Å². The number of pyridine rings is 1. The summed E-state index contributed by atoms with van der Waals surface area (Å²) in [6, 6.07) is 9.21. The molecule has 0 radical (unpaired) electrons. The maximum Gasteiger partial charge on any atom is 0.229 e. The first-order valence-electron chi connectivity index (χ1n) is 6.92. The highest BCUT2D eigenvalue weighted by atomic mass is 19.1. The first kappa shape index (κ1) is 15.1. The predicted octanol–water partition coefficient (Wildman–Crippen LogP) is 2.56. The quantitative estimate of drug-likeness (QED) is 0.779. The minimum atomic E-state index is -0.923. The van der Waals surface area contributed by atoms with E-state index in [9.17, 15) is 9.50 Å². The fourth-order valence-electron chi connectivity index (χ4n) is 2.09. The van der Waals surface area contributed by atoms with Gasteiger partial charge in [-0.25, -0.2) is 9.37 Å². The Balaban J connectivity index is 1.73. The lowest BCUT2D eigenvalue weighted by atomic mass is 10.1. The van der Waals surface area contributed by atoms with Gasteiger partial charge in [-0.05, 0) is 23.8 Å². The molecule has 0 saturated carbocycles. The van der Waals surface area contributed by atoms with Crippen molar-refractivity contribution in [3.05, 3.63) is 59.9 Å². The number of hydrogen-bond acceptors (Lipinski definition) is 6. The van der Waals surface area contributed by atoms with E-state index in [1.807, 2.05) is 0 Å². The van der Waals surface area contributed by atoms with Crippen LogP contribution in [0.3, 0.4) is 0 Å². The number of ether oxygens (including phenoxy) is 1. The SMILES string of the molecule is COc1ccc(-c2noc(CC(O)c3cccc(F)c3)n2)cn1. The van der Waals surface area contributed by atoms with E-state index in [-0.39, 0.29) is 12.3 Å². The zero-order valence-corrected chi connectivity index (χ0v) is 12.3. The molecule has 7 heteroatoms. The van der Waals surface area contributed by atoms with Crippen molar-refractivity contribution in [3.63, 3.8) is 0 Å². The van der Waals surface area contributed by atoms with E-state index in [4.69, 9.17) is 9.26 Å². The molecule has 2 heterocycles. The molecule has 0 bridgehead atoms. The Kier molecular flexibility index (Phi) is 4.29. The number of aromatic nitrogens is 3. The summed E-state index contributed by atoms with van der Waals surface area (Å²) in [5, 5.41) is 14.0. The highest BCUT2D eigenvalue weighted by Gasteiger charge is 2.15. The highest BCUT2D eigenvalue weighted by molar-refractivity contribution is 5.53. The third kappa shape index (κ3) is 3.51. The molecule has 3 aromatic rings. The molecular weight excluding hydrogens is 301 g/mol. The molecule has 0 spiro atoms. The number of halogens is 1. The van der Waals surface area contributed by atoms with E-state index >= 15 is 0 Å². The largest absolute Gasteiger partial charge is 0.481 e. The van der Waals surface area contributed by atoms with Gasteiger partial charge in [-0.15, -0.1) is 0 Å².